The van der Waals surface area contributed by atoms with Gasteiger partial charge in [-0.15, -0.1) is 0 Å². The minimum absolute atomic E-state index is 0.0209. The number of rotatable bonds is 6. The van der Waals surface area contributed by atoms with Gasteiger partial charge in [0.05, 0.1) is 0 Å². The van der Waals surface area contributed by atoms with Crippen LogP contribution in [-0.2, 0) is 11.2 Å². The number of aromatic nitrogens is 2. The number of carbonyl (C=O) groups is 1. The molecule has 5 nitrogen and oxygen atoms in total. The van der Waals surface area contributed by atoms with Gasteiger partial charge in [-0.25, -0.2) is 9.97 Å². The number of ether oxygens (including phenoxy) is 1. The number of benzene rings is 1. The van der Waals surface area contributed by atoms with Crippen molar-refractivity contribution >= 4 is 17.5 Å². The summed E-state index contributed by atoms with van der Waals surface area (Å²) in [5.74, 6) is 0.442. The molecule has 0 aliphatic carbocycles. The van der Waals surface area contributed by atoms with Crippen LogP contribution in [0.4, 0.5) is 0 Å². The normalized spacial score (nSPS) is 10.1. The molecule has 1 N–H and O–H groups in total. The molecule has 1 aromatic carbocycles. The van der Waals surface area contributed by atoms with E-state index in [4.69, 9.17) is 16.3 Å². The lowest BCUT2D eigenvalue weighted by atomic mass is 10.2. The van der Waals surface area contributed by atoms with E-state index in [0.29, 0.717) is 23.7 Å². The molecule has 0 spiro atoms. The van der Waals surface area contributed by atoms with Crippen molar-refractivity contribution in [3.05, 3.63) is 53.6 Å². The first-order valence-electron chi connectivity index (χ1n) is 6.13. The van der Waals surface area contributed by atoms with Crippen LogP contribution in [0.3, 0.4) is 0 Å². The summed E-state index contributed by atoms with van der Waals surface area (Å²) >= 11 is 5.76. The Balaban J connectivity index is 1.67. The zero-order valence-electron chi connectivity index (χ0n) is 10.8. The van der Waals surface area contributed by atoms with Crippen LogP contribution in [0.25, 0.3) is 0 Å². The molecule has 0 fully saturated rings. The summed E-state index contributed by atoms with van der Waals surface area (Å²) < 4.78 is 5.33. The monoisotopic (exact) mass is 291 g/mol. The number of nitrogens with one attached hydrogen (secondary N) is 1. The molecule has 1 heterocycles. The number of hydrogen-bond donors (Lipinski definition) is 1. The van der Waals surface area contributed by atoms with Gasteiger partial charge in [-0.3, -0.25) is 4.79 Å². The molecular formula is C14H14ClN3O2. The third-order valence-electron chi connectivity index (χ3n) is 2.53. The standard InChI is InChI=1S/C14H14ClN3O2/c15-12-1-3-13(4-2-12)20-9-14(19)18-6-5-11-7-16-10-17-8-11/h1-4,7-8,10H,5-6,9H2,(H,18,19). The van der Waals surface area contributed by atoms with Crippen molar-refractivity contribution in [1.29, 1.82) is 0 Å². The molecule has 104 valence electrons. The Morgan fingerprint density at radius 3 is 2.60 bits per heavy atom. The molecule has 1 aromatic heterocycles. The Morgan fingerprint density at radius 1 is 1.20 bits per heavy atom. The third-order valence-corrected chi connectivity index (χ3v) is 2.79. The summed E-state index contributed by atoms with van der Waals surface area (Å²) in [6.45, 7) is 0.503. The molecule has 1 amide bonds. The average Bonchev–Trinajstić information content (AvgIpc) is 2.48. The minimum Gasteiger partial charge on any atom is -0.484 e. The Bertz CT molecular complexity index is 546. The van der Waals surface area contributed by atoms with Gasteiger partial charge in [0.25, 0.3) is 5.91 Å². The number of carbonyl (C=O) groups excluding carboxylic acids is 1. The van der Waals surface area contributed by atoms with E-state index in [1.807, 2.05) is 0 Å². The van der Waals surface area contributed by atoms with Gasteiger partial charge in [-0.05, 0) is 36.2 Å². The summed E-state index contributed by atoms with van der Waals surface area (Å²) in [5, 5.41) is 3.40. The van der Waals surface area contributed by atoms with Crippen molar-refractivity contribution in [1.82, 2.24) is 15.3 Å². The lowest BCUT2D eigenvalue weighted by molar-refractivity contribution is -0.123. The lowest BCUT2D eigenvalue weighted by Gasteiger charge is -2.07. The van der Waals surface area contributed by atoms with Crippen molar-refractivity contribution < 1.29 is 9.53 Å². The molecule has 0 aliphatic rings. The largest absolute Gasteiger partial charge is 0.484 e. The molecule has 0 saturated carbocycles. The van der Waals surface area contributed by atoms with Gasteiger partial charge in [-0.1, -0.05) is 11.6 Å². The quantitative estimate of drug-likeness (QED) is 0.882. The Hall–Kier alpha value is -2.14. The van der Waals surface area contributed by atoms with Gasteiger partial charge >= 0.3 is 0 Å². The summed E-state index contributed by atoms with van der Waals surface area (Å²) in [6, 6.07) is 6.86. The summed E-state index contributed by atoms with van der Waals surface area (Å²) in [6.07, 6.45) is 5.61. The number of hydrogen-bond acceptors (Lipinski definition) is 4. The van der Waals surface area contributed by atoms with E-state index in [2.05, 4.69) is 15.3 Å². The second-order valence-electron chi connectivity index (χ2n) is 4.09. The minimum atomic E-state index is -0.170. The molecule has 2 rings (SSSR count). The van der Waals surface area contributed by atoms with Crippen LogP contribution < -0.4 is 10.1 Å². The van der Waals surface area contributed by atoms with Crippen molar-refractivity contribution in [2.75, 3.05) is 13.2 Å². The van der Waals surface area contributed by atoms with Gasteiger partial charge in [0.15, 0.2) is 6.61 Å². The Kier molecular flexibility index (Phi) is 5.32. The highest BCUT2D eigenvalue weighted by Crippen LogP contribution is 2.15. The molecule has 2 aromatic rings. The Morgan fingerprint density at radius 2 is 1.90 bits per heavy atom. The lowest BCUT2D eigenvalue weighted by Crippen LogP contribution is -2.30. The molecule has 0 saturated heterocycles. The van der Waals surface area contributed by atoms with E-state index >= 15 is 0 Å². The molecule has 0 radical (unpaired) electrons. The van der Waals surface area contributed by atoms with Gasteiger partial charge in [0.1, 0.15) is 12.1 Å². The predicted octanol–water partition coefficient (Wildman–Crippen LogP) is 1.87. The van der Waals surface area contributed by atoms with Crippen molar-refractivity contribution in [2.45, 2.75) is 6.42 Å². The fraction of sp³-hybridized carbons (Fsp3) is 0.214. The first kappa shape index (κ1) is 14.3. The van der Waals surface area contributed by atoms with E-state index in [1.54, 1.807) is 36.7 Å². The van der Waals surface area contributed by atoms with Crippen molar-refractivity contribution in [3.63, 3.8) is 0 Å². The second kappa shape index (κ2) is 7.45. The van der Waals surface area contributed by atoms with Gasteiger partial charge in [0.2, 0.25) is 0 Å². The highest BCUT2D eigenvalue weighted by Gasteiger charge is 2.02. The maximum Gasteiger partial charge on any atom is 0.257 e. The summed E-state index contributed by atoms with van der Waals surface area (Å²) in [5.41, 5.74) is 0.978. The Labute approximate surface area is 122 Å². The zero-order valence-corrected chi connectivity index (χ0v) is 11.5. The SMILES string of the molecule is O=C(COc1ccc(Cl)cc1)NCCc1cncnc1. The van der Waals surface area contributed by atoms with Gasteiger partial charge in [-0.2, -0.15) is 0 Å². The fourth-order valence-electron chi connectivity index (χ4n) is 1.54. The first-order valence-corrected chi connectivity index (χ1v) is 6.51. The van der Waals surface area contributed by atoms with E-state index in [1.165, 1.54) is 6.33 Å². The fourth-order valence-corrected chi connectivity index (χ4v) is 1.66. The van der Waals surface area contributed by atoms with Crippen molar-refractivity contribution in [3.8, 4) is 5.75 Å². The number of halogens is 1. The third kappa shape index (κ3) is 4.85. The second-order valence-corrected chi connectivity index (χ2v) is 4.53. The highest BCUT2D eigenvalue weighted by molar-refractivity contribution is 6.30. The predicted molar refractivity (Wildman–Crippen MR) is 75.7 cm³/mol. The van der Waals surface area contributed by atoms with Crippen molar-refractivity contribution in [2.24, 2.45) is 0 Å². The molecule has 0 bridgehead atoms. The van der Waals surface area contributed by atoms with Crippen LogP contribution in [0, 0.1) is 0 Å². The van der Waals surface area contributed by atoms with Gasteiger partial charge in [0, 0.05) is 24.0 Å². The maximum atomic E-state index is 11.6. The van der Waals surface area contributed by atoms with Crippen LogP contribution in [0.5, 0.6) is 5.75 Å². The summed E-state index contributed by atoms with van der Waals surface area (Å²) in [4.78, 5) is 19.4. The highest BCUT2D eigenvalue weighted by atomic mass is 35.5. The molecule has 6 heteroatoms. The van der Waals surface area contributed by atoms with E-state index < -0.39 is 0 Å². The van der Waals surface area contributed by atoms with Gasteiger partial charge < -0.3 is 10.1 Å². The van der Waals surface area contributed by atoms with E-state index in [0.717, 1.165) is 5.56 Å². The van der Waals surface area contributed by atoms with Crippen LogP contribution in [0.2, 0.25) is 5.02 Å². The van der Waals surface area contributed by atoms with E-state index in [-0.39, 0.29) is 12.5 Å². The maximum absolute atomic E-state index is 11.6. The topological polar surface area (TPSA) is 64.1 Å². The first-order chi connectivity index (χ1) is 9.74. The number of nitrogens with zero attached hydrogens (tertiary/aromatic N) is 2. The van der Waals surface area contributed by atoms with Crippen LogP contribution in [0.15, 0.2) is 43.0 Å². The average molecular weight is 292 g/mol. The smallest absolute Gasteiger partial charge is 0.257 e. The van der Waals surface area contributed by atoms with E-state index in [9.17, 15) is 4.79 Å². The number of amides is 1. The summed E-state index contributed by atoms with van der Waals surface area (Å²) in [7, 11) is 0. The molecular weight excluding hydrogens is 278 g/mol. The molecule has 20 heavy (non-hydrogen) atoms. The van der Waals surface area contributed by atoms with Crippen LogP contribution in [0.1, 0.15) is 5.56 Å². The molecule has 0 atom stereocenters. The molecule has 0 aliphatic heterocycles. The molecule has 0 unspecified atom stereocenters. The zero-order chi connectivity index (χ0) is 14.2. The van der Waals surface area contributed by atoms with Crippen LogP contribution >= 0.6 is 11.6 Å². The van der Waals surface area contributed by atoms with Crippen LogP contribution in [-0.4, -0.2) is 29.0 Å².